The predicted molar refractivity (Wildman–Crippen MR) is 58.4 cm³/mol. The van der Waals surface area contributed by atoms with Gasteiger partial charge in [0.15, 0.2) is 6.23 Å². The fraction of sp³-hybridized carbons (Fsp3) is 0.909. The second-order valence-corrected chi connectivity index (χ2v) is 5.05. The average Bonchev–Trinajstić information content (AvgIpc) is 2.26. The van der Waals surface area contributed by atoms with Crippen molar-refractivity contribution in [3.8, 4) is 0 Å². The van der Waals surface area contributed by atoms with Gasteiger partial charge in [-0.15, -0.1) is 0 Å². The summed E-state index contributed by atoms with van der Waals surface area (Å²) in [5, 5.41) is 0. The third-order valence-electron chi connectivity index (χ3n) is 2.44. The molecule has 6 nitrogen and oxygen atoms in total. The summed E-state index contributed by atoms with van der Waals surface area (Å²) in [6.07, 6.45) is -1.38. The number of ether oxygens (including phenoxy) is 4. The summed E-state index contributed by atoms with van der Waals surface area (Å²) in [4.78, 5) is 13.5. The predicted octanol–water partition coefficient (Wildman–Crippen LogP) is 0.953. The van der Waals surface area contributed by atoms with Crippen LogP contribution in [0.25, 0.3) is 0 Å². The van der Waals surface area contributed by atoms with E-state index in [4.69, 9.17) is 18.9 Å². The van der Waals surface area contributed by atoms with Gasteiger partial charge in [0.05, 0.1) is 26.4 Å². The van der Waals surface area contributed by atoms with E-state index >= 15 is 0 Å². The number of hydrogen-bond donors (Lipinski definition) is 0. The number of fused-ring (bicyclic) bond motifs is 1. The van der Waals surface area contributed by atoms with Gasteiger partial charge in [0, 0.05) is 0 Å². The van der Waals surface area contributed by atoms with Gasteiger partial charge < -0.3 is 18.9 Å². The molecule has 2 rings (SSSR count). The van der Waals surface area contributed by atoms with E-state index in [1.165, 1.54) is 4.90 Å². The minimum absolute atomic E-state index is 0.388. The first kappa shape index (κ1) is 12.6. The van der Waals surface area contributed by atoms with Crippen molar-refractivity contribution in [1.29, 1.82) is 0 Å². The highest BCUT2D eigenvalue weighted by Gasteiger charge is 2.40. The fourth-order valence-electron chi connectivity index (χ4n) is 1.77. The lowest BCUT2D eigenvalue weighted by Crippen LogP contribution is -2.58. The van der Waals surface area contributed by atoms with Crippen molar-refractivity contribution >= 4 is 6.09 Å². The normalized spacial score (nSPS) is 29.7. The molecule has 0 aliphatic carbocycles. The van der Waals surface area contributed by atoms with Crippen molar-refractivity contribution in [2.45, 2.75) is 38.9 Å². The second-order valence-electron chi connectivity index (χ2n) is 5.05. The van der Waals surface area contributed by atoms with Gasteiger partial charge in [-0.1, -0.05) is 0 Å². The Morgan fingerprint density at radius 2 is 1.82 bits per heavy atom. The number of morpholine rings is 1. The zero-order chi connectivity index (χ0) is 12.5. The molecule has 2 atom stereocenters. The number of carbonyl (C=O) groups is 1. The highest BCUT2D eigenvalue weighted by Crippen LogP contribution is 2.22. The van der Waals surface area contributed by atoms with Crippen molar-refractivity contribution < 1.29 is 23.7 Å². The van der Waals surface area contributed by atoms with Crippen LogP contribution in [0.5, 0.6) is 0 Å². The molecule has 0 spiro atoms. The molecule has 0 aromatic heterocycles. The zero-order valence-electron chi connectivity index (χ0n) is 10.5. The van der Waals surface area contributed by atoms with Crippen molar-refractivity contribution in [3.63, 3.8) is 0 Å². The molecule has 6 heteroatoms. The Balaban J connectivity index is 2.01. The van der Waals surface area contributed by atoms with E-state index in [0.717, 1.165) is 0 Å². The lowest BCUT2D eigenvalue weighted by Gasteiger charge is -2.42. The summed E-state index contributed by atoms with van der Waals surface area (Å²) in [6.45, 7) is 7.35. The maximum atomic E-state index is 12.0. The fourth-order valence-corrected chi connectivity index (χ4v) is 1.77. The van der Waals surface area contributed by atoms with Crippen LogP contribution in [-0.4, -0.2) is 55.5 Å². The van der Waals surface area contributed by atoms with Gasteiger partial charge >= 0.3 is 6.09 Å². The van der Waals surface area contributed by atoms with Gasteiger partial charge in [-0.05, 0) is 20.8 Å². The maximum Gasteiger partial charge on any atom is 0.412 e. The van der Waals surface area contributed by atoms with E-state index in [2.05, 4.69) is 0 Å². The number of carbonyl (C=O) groups excluding carboxylic acids is 1. The van der Waals surface area contributed by atoms with Crippen LogP contribution in [0.1, 0.15) is 20.8 Å². The molecular weight excluding hydrogens is 226 g/mol. The molecule has 2 aliphatic rings. The third kappa shape index (κ3) is 3.08. The lowest BCUT2D eigenvalue weighted by molar-refractivity contribution is -0.302. The van der Waals surface area contributed by atoms with Crippen molar-refractivity contribution in [1.82, 2.24) is 4.90 Å². The van der Waals surface area contributed by atoms with Gasteiger partial charge in [-0.3, -0.25) is 4.90 Å². The molecular formula is C11H19NO5. The van der Waals surface area contributed by atoms with E-state index in [-0.39, 0.29) is 6.09 Å². The third-order valence-corrected chi connectivity index (χ3v) is 2.44. The van der Waals surface area contributed by atoms with E-state index < -0.39 is 18.1 Å². The molecule has 0 saturated carbocycles. The quantitative estimate of drug-likeness (QED) is 0.636. The Morgan fingerprint density at radius 3 is 2.53 bits per heavy atom. The summed E-state index contributed by atoms with van der Waals surface area (Å²) in [6, 6.07) is 0. The summed E-state index contributed by atoms with van der Waals surface area (Å²) in [5.41, 5.74) is -0.513. The topological polar surface area (TPSA) is 57.2 Å². The van der Waals surface area contributed by atoms with Crippen LogP contribution in [-0.2, 0) is 18.9 Å². The van der Waals surface area contributed by atoms with Gasteiger partial charge in [-0.25, -0.2) is 4.79 Å². The van der Waals surface area contributed by atoms with Crippen LogP contribution >= 0.6 is 0 Å². The Kier molecular flexibility index (Phi) is 3.56. The van der Waals surface area contributed by atoms with E-state index in [1.807, 2.05) is 20.8 Å². The first-order chi connectivity index (χ1) is 7.97. The average molecular weight is 245 g/mol. The monoisotopic (exact) mass is 245 g/mol. The van der Waals surface area contributed by atoms with Gasteiger partial charge in [0.2, 0.25) is 6.29 Å². The Morgan fingerprint density at radius 1 is 1.18 bits per heavy atom. The van der Waals surface area contributed by atoms with Crippen LogP contribution in [0.3, 0.4) is 0 Å². The number of rotatable bonds is 0. The van der Waals surface area contributed by atoms with Crippen LogP contribution in [0.2, 0.25) is 0 Å². The summed E-state index contributed by atoms with van der Waals surface area (Å²) in [5.74, 6) is 0. The molecule has 2 aliphatic heterocycles. The Hall–Kier alpha value is -0.850. The molecule has 0 N–H and O–H groups in total. The standard InChI is InChI=1S/C11H19NO5/c1-11(2,3)17-10(13)12-4-5-15-9-8(12)14-6-7-16-9/h8-9H,4-7H2,1-3H3/t8-,9+/m0/s1. The van der Waals surface area contributed by atoms with Crippen LogP contribution in [0, 0.1) is 0 Å². The maximum absolute atomic E-state index is 12.0. The van der Waals surface area contributed by atoms with Crippen molar-refractivity contribution in [3.05, 3.63) is 0 Å². The molecule has 2 saturated heterocycles. The first-order valence-corrected chi connectivity index (χ1v) is 5.82. The Bertz CT molecular complexity index is 286. The summed E-state index contributed by atoms with van der Waals surface area (Å²) in [7, 11) is 0. The van der Waals surface area contributed by atoms with E-state index in [1.54, 1.807) is 0 Å². The van der Waals surface area contributed by atoms with Crippen LogP contribution in [0.4, 0.5) is 4.79 Å². The molecule has 0 bridgehead atoms. The highest BCUT2D eigenvalue weighted by atomic mass is 16.7. The van der Waals surface area contributed by atoms with Crippen molar-refractivity contribution in [2.24, 2.45) is 0 Å². The Labute approximate surface area is 101 Å². The van der Waals surface area contributed by atoms with Gasteiger partial charge in [-0.2, -0.15) is 0 Å². The van der Waals surface area contributed by atoms with Crippen molar-refractivity contribution in [2.75, 3.05) is 26.4 Å². The number of amides is 1. The van der Waals surface area contributed by atoms with E-state index in [9.17, 15) is 4.79 Å². The second kappa shape index (κ2) is 4.80. The first-order valence-electron chi connectivity index (χ1n) is 5.82. The van der Waals surface area contributed by atoms with Gasteiger partial charge in [0.1, 0.15) is 5.60 Å². The minimum atomic E-state index is -0.513. The van der Waals surface area contributed by atoms with Crippen LogP contribution < -0.4 is 0 Å². The number of nitrogens with zero attached hydrogens (tertiary/aromatic N) is 1. The molecule has 0 radical (unpaired) electrons. The molecule has 0 aromatic carbocycles. The summed E-state index contributed by atoms with van der Waals surface area (Å²) < 4.78 is 21.6. The molecule has 0 unspecified atom stereocenters. The zero-order valence-corrected chi connectivity index (χ0v) is 10.5. The van der Waals surface area contributed by atoms with E-state index in [0.29, 0.717) is 26.4 Å². The summed E-state index contributed by atoms with van der Waals surface area (Å²) >= 11 is 0. The molecule has 1 amide bonds. The molecule has 17 heavy (non-hydrogen) atoms. The SMILES string of the molecule is CC(C)(C)OC(=O)N1CCO[C@@H]2OCCO[C@@H]21. The van der Waals surface area contributed by atoms with Gasteiger partial charge in [0.25, 0.3) is 0 Å². The smallest absolute Gasteiger partial charge is 0.412 e. The lowest BCUT2D eigenvalue weighted by atomic mass is 10.2. The highest BCUT2D eigenvalue weighted by molar-refractivity contribution is 5.68. The molecule has 0 aromatic rings. The van der Waals surface area contributed by atoms with Crippen LogP contribution in [0.15, 0.2) is 0 Å². The largest absolute Gasteiger partial charge is 0.444 e. The minimum Gasteiger partial charge on any atom is -0.444 e. The number of hydrogen-bond acceptors (Lipinski definition) is 5. The molecule has 2 fully saturated rings. The molecule has 2 heterocycles. The molecule has 98 valence electrons.